The summed E-state index contributed by atoms with van der Waals surface area (Å²) in [6.45, 7) is 1.49. The van der Waals surface area contributed by atoms with Crippen molar-refractivity contribution < 1.29 is 4.79 Å². The average molecular weight is 370 g/mol. The summed E-state index contributed by atoms with van der Waals surface area (Å²) in [7, 11) is 4.11. The lowest BCUT2D eigenvalue weighted by Gasteiger charge is -2.21. The number of nitrogens with zero attached hydrogens (tertiary/aromatic N) is 4. The van der Waals surface area contributed by atoms with E-state index in [4.69, 9.17) is 11.6 Å². The van der Waals surface area contributed by atoms with Gasteiger partial charge in [-0.25, -0.2) is 4.98 Å². The number of hydrogen-bond donors (Lipinski definition) is 1. The molecule has 0 bridgehead atoms. The van der Waals surface area contributed by atoms with Crippen LogP contribution in [0.3, 0.4) is 0 Å². The predicted octanol–water partition coefficient (Wildman–Crippen LogP) is 3.05. The van der Waals surface area contributed by atoms with E-state index >= 15 is 0 Å². The molecule has 3 heterocycles. The van der Waals surface area contributed by atoms with Crippen LogP contribution in [0.15, 0.2) is 36.7 Å². The van der Waals surface area contributed by atoms with Crippen molar-refractivity contribution in [2.24, 2.45) is 0 Å². The smallest absolute Gasteiger partial charge is 0.254 e. The van der Waals surface area contributed by atoms with Crippen LogP contribution in [0.25, 0.3) is 22.2 Å². The molecular formula is C19H20ClN5O. The van der Waals surface area contributed by atoms with E-state index < -0.39 is 0 Å². The summed E-state index contributed by atoms with van der Waals surface area (Å²) in [5.74, 6) is 0.0220. The summed E-state index contributed by atoms with van der Waals surface area (Å²) in [4.78, 5) is 22.0. The summed E-state index contributed by atoms with van der Waals surface area (Å²) in [6, 6.07) is 7.70. The monoisotopic (exact) mass is 369 g/mol. The number of likely N-dealkylation sites (N-methyl/N-ethyl adjacent to an activating group) is 1. The molecule has 1 N–H and O–H groups in total. The molecule has 0 saturated carbocycles. The number of aromatic nitrogens is 3. The first-order valence-electron chi connectivity index (χ1n) is 8.58. The molecule has 0 spiro atoms. The van der Waals surface area contributed by atoms with Gasteiger partial charge in [0.05, 0.1) is 23.0 Å². The van der Waals surface area contributed by atoms with E-state index in [1.165, 1.54) is 0 Å². The summed E-state index contributed by atoms with van der Waals surface area (Å²) in [5.41, 5.74) is 2.96. The Bertz CT molecular complexity index is 954. The standard InChI is InChI=1S/C19H20ClN5O/c1-24(2)14-5-6-25(11-14)19(26)16-8-18(12-9-21-22-10-12)23-17-4-3-13(20)7-15(16)17/h3-4,7-10,14H,5-6,11H2,1-2H3,(H,21,22)/t14-/m0/s1. The van der Waals surface area contributed by atoms with Crippen LogP contribution in [0.2, 0.25) is 5.02 Å². The van der Waals surface area contributed by atoms with Crippen molar-refractivity contribution in [3.8, 4) is 11.3 Å². The number of benzene rings is 1. The van der Waals surface area contributed by atoms with Crippen LogP contribution in [0.1, 0.15) is 16.8 Å². The molecule has 4 rings (SSSR count). The first-order valence-corrected chi connectivity index (χ1v) is 8.96. The third kappa shape index (κ3) is 3.06. The Balaban J connectivity index is 1.79. The maximum absolute atomic E-state index is 13.3. The fourth-order valence-corrected chi connectivity index (χ4v) is 3.60. The van der Waals surface area contributed by atoms with Gasteiger partial charge in [-0.1, -0.05) is 11.6 Å². The first kappa shape index (κ1) is 17.0. The molecule has 0 radical (unpaired) electrons. The van der Waals surface area contributed by atoms with Gasteiger partial charge in [0.2, 0.25) is 0 Å². The van der Waals surface area contributed by atoms with Crippen molar-refractivity contribution in [2.75, 3.05) is 27.2 Å². The fourth-order valence-electron chi connectivity index (χ4n) is 3.43. The minimum absolute atomic E-state index is 0.0220. The normalized spacial score (nSPS) is 17.4. The van der Waals surface area contributed by atoms with Crippen molar-refractivity contribution in [3.63, 3.8) is 0 Å². The highest BCUT2D eigenvalue weighted by atomic mass is 35.5. The van der Waals surface area contributed by atoms with Crippen LogP contribution in [0.5, 0.6) is 0 Å². The maximum Gasteiger partial charge on any atom is 0.254 e. The SMILES string of the molecule is CN(C)[C@H]1CCN(C(=O)c2cc(-c3cn[nH]c3)nc3ccc(Cl)cc23)C1. The largest absolute Gasteiger partial charge is 0.337 e. The second-order valence-electron chi connectivity index (χ2n) is 6.86. The van der Waals surface area contributed by atoms with Crippen molar-refractivity contribution in [1.82, 2.24) is 25.0 Å². The van der Waals surface area contributed by atoms with Gasteiger partial charge in [-0.15, -0.1) is 0 Å². The third-order valence-corrected chi connectivity index (χ3v) is 5.21. The number of amides is 1. The van der Waals surface area contributed by atoms with Gasteiger partial charge in [0.15, 0.2) is 0 Å². The molecule has 1 aromatic carbocycles. The molecule has 0 unspecified atom stereocenters. The van der Waals surface area contributed by atoms with Crippen LogP contribution in [-0.2, 0) is 0 Å². The summed E-state index contributed by atoms with van der Waals surface area (Å²) in [6.07, 6.45) is 4.46. The molecule has 1 fully saturated rings. The molecular weight excluding hydrogens is 350 g/mol. The van der Waals surface area contributed by atoms with Gasteiger partial charge in [0, 0.05) is 41.3 Å². The highest BCUT2D eigenvalue weighted by molar-refractivity contribution is 6.31. The van der Waals surface area contributed by atoms with Crippen molar-refractivity contribution >= 4 is 28.4 Å². The molecule has 134 valence electrons. The molecule has 2 aromatic heterocycles. The Morgan fingerprint density at radius 2 is 2.19 bits per heavy atom. The van der Waals surface area contributed by atoms with E-state index in [1.807, 2.05) is 23.1 Å². The number of likely N-dealkylation sites (tertiary alicyclic amines) is 1. The molecule has 1 atom stereocenters. The number of fused-ring (bicyclic) bond motifs is 1. The Hall–Kier alpha value is -2.44. The lowest BCUT2D eigenvalue weighted by atomic mass is 10.0. The van der Waals surface area contributed by atoms with Crippen molar-refractivity contribution in [2.45, 2.75) is 12.5 Å². The summed E-state index contributed by atoms with van der Waals surface area (Å²) >= 11 is 6.18. The molecule has 6 nitrogen and oxygen atoms in total. The average Bonchev–Trinajstić information content (AvgIpc) is 3.32. The lowest BCUT2D eigenvalue weighted by Crippen LogP contribution is -2.34. The number of carbonyl (C=O) groups excluding carboxylic acids is 1. The number of carbonyl (C=O) groups is 1. The zero-order valence-corrected chi connectivity index (χ0v) is 15.5. The van der Waals surface area contributed by atoms with Gasteiger partial charge in [-0.2, -0.15) is 5.10 Å². The second kappa shape index (κ2) is 6.70. The zero-order chi connectivity index (χ0) is 18.3. The van der Waals surface area contributed by atoms with E-state index in [-0.39, 0.29) is 5.91 Å². The van der Waals surface area contributed by atoms with E-state index in [0.717, 1.165) is 41.7 Å². The quantitative estimate of drug-likeness (QED) is 0.770. The number of pyridine rings is 1. The Labute approximate surface area is 156 Å². The number of halogens is 1. The van der Waals surface area contributed by atoms with E-state index in [2.05, 4.69) is 34.2 Å². The molecule has 26 heavy (non-hydrogen) atoms. The number of hydrogen-bond acceptors (Lipinski definition) is 4. The van der Waals surface area contributed by atoms with Gasteiger partial charge in [-0.05, 0) is 44.8 Å². The van der Waals surface area contributed by atoms with Crippen LogP contribution in [-0.4, -0.2) is 64.1 Å². The highest BCUT2D eigenvalue weighted by Crippen LogP contribution is 2.28. The molecule has 7 heteroatoms. The highest BCUT2D eigenvalue weighted by Gasteiger charge is 2.29. The van der Waals surface area contributed by atoms with Gasteiger partial charge < -0.3 is 9.80 Å². The van der Waals surface area contributed by atoms with E-state index in [1.54, 1.807) is 18.5 Å². The number of rotatable bonds is 3. The predicted molar refractivity (Wildman–Crippen MR) is 102 cm³/mol. The zero-order valence-electron chi connectivity index (χ0n) is 14.7. The lowest BCUT2D eigenvalue weighted by molar-refractivity contribution is 0.0785. The second-order valence-corrected chi connectivity index (χ2v) is 7.30. The van der Waals surface area contributed by atoms with E-state index in [0.29, 0.717) is 16.6 Å². The fraction of sp³-hybridized carbons (Fsp3) is 0.316. The molecule has 3 aromatic rings. The van der Waals surface area contributed by atoms with Gasteiger partial charge in [-0.3, -0.25) is 9.89 Å². The Kier molecular flexibility index (Phi) is 4.38. The van der Waals surface area contributed by atoms with Crippen LogP contribution in [0.4, 0.5) is 0 Å². The van der Waals surface area contributed by atoms with Gasteiger partial charge in [0.1, 0.15) is 0 Å². The summed E-state index contributed by atoms with van der Waals surface area (Å²) < 4.78 is 0. The minimum Gasteiger partial charge on any atom is -0.337 e. The molecule has 1 saturated heterocycles. The van der Waals surface area contributed by atoms with E-state index in [9.17, 15) is 4.79 Å². The summed E-state index contributed by atoms with van der Waals surface area (Å²) in [5, 5.41) is 8.16. The minimum atomic E-state index is 0.0220. The first-order chi connectivity index (χ1) is 12.5. The molecule has 1 aliphatic rings. The Morgan fingerprint density at radius 3 is 2.88 bits per heavy atom. The van der Waals surface area contributed by atoms with Gasteiger partial charge in [0.25, 0.3) is 5.91 Å². The van der Waals surface area contributed by atoms with Crippen LogP contribution >= 0.6 is 11.6 Å². The van der Waals surface area contributed by atoms with Gasteiger partial charge >= 0.3 is 0 Å². The Morgan fingerprint density at radius 1 is 1.35 bits per heavy atom. The number of nitrogens with one attached hydrogen (secondary N) is 1. The number of aromatic amines is 1. The van der Waals surface area contributed by atoms with Crippen LogP contribution in [0, 0.1) is 0 Å². The molecule has 1 amide bonds. The van der Waals surface area contributed by atoms with Crippen molar-refractivity contribution in [1.29, 1.82) is 0 Å². The number of H-pyrrole nitrogens is 1. The molecule has 0 aliphatic carbocycles. The van der Waals surface area contributed by atoms with Crippen molar-refractivity contribution in [3.05, 3.63) is 47.2 Å². The molecule has 1 aliphatic heterocycles. The van der Waals surface area contributed by atoms with Crippen LogP contribution < -0.4 is 0 Å². The third-order valence-electron chi connectivity index (χ3n) is 4.98. The maximum atomic E-state index is 13.3. The topological polar surface area (TPSA) is 65.1 Å².